The first kappa shape index (κ1) is 10.7. The van der Waals surface area contributed by atoms with Gasteiger partial charge in [-0.2, -0.15) is 0 Å². The predicted molar refractivity (Wildman–Crippen MR) is 53.8 cm³/mol. The minimum atomic E-state index is -1.63. The Labute approximate surface area is 84.3 Å². The van der Waals surface area contributed by atoms with Crippen LogP contribution in [0.25, 0.3) is 0 Å². The van der Waals surface area contributed by atoms with Gasteiger partial charge in [0.05, 0.1) is 0 Å². The van der Waals surface area contributed by atoms with Crippen molar-refractivity contribution < 1.29 is 20.1 Å². The maximum atomic E-state index is 8.87. The molecule has 0 aliphatic heterocycles. The van der Waals surface area contributed by atoms with Crippen LogP contribution in [0.3, 0.4) is 0 Å². The van der Waals surface area contributed by atoms with Crippen molar-refractivity contribution in [3.05, 3.63) is 22.7 Å². The van der Waals surface area contributed by atoms with E-state index in [-0.39, 0.29) is 10.9 Å². The molecule has 0 unspecified atom stereocenters. The van der Waals surface area contributed by atoms with Gasteiger partial charge >= 0.3 is 14.2 Å². The van der Waals surface area contributed by atoms with E-state index in [1.807, 2.05) is 0 Å². The Balaban J connectivity index is 3.11. The molecular formula is C6H7B2BrO4. The average Bonchev–Trinajstić information content (AvgIpc) is 2.04. The number of rotatable bonds is 2. The lowest BCUT2D eigenvalue weighted by molar-refractivity contribution is 0.425. The molecule has 0 aliphatic carbocycles. The molecule has 0 radical (unpaired) electrons. The van der Waals surface area contributed by atoms with Crippen molar-refractivity contribution >= 4 is 41.1 Å². The van der Waals surface area contributed by atoms with Gasteiger partial charge in [0.1, 0.15) is 0 Å². The van der Waals surface area contributed by atoms with E-state index in [4.69, 9.17) is 20.1 Å². The van der Waals surface area contributed by atoms with E-state index in [1.165, 1.54) is 18.2 Å². The largest absolute Gasteiger partial charge is 0.489 e. The van der Waals surface area contributed by atoms with Crippen LogP contribution in [0.1, 0.15) is 0 Å². The summed E-state index contributed by atoms with van der Waals surface area (Å²) in [5, 5.41) is 35.3. The third kappa shape index (κ3) is 2.55. The molecule has 68 valence electrons. The van der Waals surface area contributed by atoms with Crippen molar-refractivity contribution in [1.29, 1.82) is 0 Å². The van der Waals surface area contributed by atoms with Crippen LogP contribution in [0, 0.1) is 0 Å². The van der Waals surface area contributed by atoms with Gasteiger partial charge in [0.25, 0.3) is 0 Å². The Bertz CT molecular complexity index is 305. The molecule has 0 heterocycles. The summed E-state index contributed by atoms with van der Waals surface area (Å²) in [7, 11) is -3.24. The maximum absolute atomic E-state index is 8.87. The second kappa shape index (κ2) is 4.26. The topological polar surface area (TPSA) is 80.9 Å². The third-order valence-corrected chi connectivity index (χ3v) is 2.32. The zero-order valence-electron chi connectivity index (χ0n) is 6.55. The van der Waals surface area contributed by atoms with Crippen LogP contribution >= 0.6 is 15.9 Å². The summed E-state index contributed by atoms with van der Waals surface area (Å²) < 4.78 is 0.506. The number of halogens is 1. The highest BCUT2D eigenvalue weighted by atomic mass is 79.9. The standard InChI is InChI=1S/C6H7B2BrO4/c9-6-2-1-4(7(10)11)3-5(6)8(12)13/h1-3,10-13H. The molecule has 13 heavy (non-hydrogen) atoms. The second-order valence-electron chi connectivity index (χ2n) is 2.53. The highest BCUT2D eigenvalue weighted by Gasteiger charge is 2.18. The van der Waals surface area contributed by atoms with Gasteiger partial charge in [-0.05, 0) is 17.0 Å². The molecule has 4 N–H and O–H groups in total. The molecule has 0 bridgehead atoms. The van der Waals surface area contributed by atoms with Crippen molar-refractivity contribution in [2.45, 2.75) is 0 Å². The highest BCUT2D eigenvalue weighted by molar-refractivity contribution is 9.10. The van der Waals surface area contributed by atoms with E-state index in [2.05, 4.69) is 15.9 Å². The first-order chi connectivity index (χ1) is 6.02. The monoisotopic (exact) mass is 244 g/mol. The minimum absolute atomic E-state index is 0.200. The fourth-order valence-electron chi connectivity index (χ4n) is 0.921. The van der Waals surface area contributed by atoms with E-state index >= 15 is 0 Å². The van der Waals surface area contributed by atoms with Gasteiger partial charge in [-0.25, -0.2) is 0 Å². The van der Waals surface area contributed by atoms with E-state index in [1.54, 1.807) is 0 Å². The summed E-state index contributed by atoms with van der Waals surface area (Å²) in [6.45, 7) is 0. The fraction of sp³-hybridized carbons (Fsp3) is 0. The second-order valence-corrected chi connectivity index (χ2v) is 3.38. The maximum Gasteiger partial charge on any atom is 0.489 e. The Morgan fingerprint density at radius 1 is 1.00 bits per heavy atom. The molecule has 7 heteroatoms. The first-order valence-electron chi connectivity index (χ1n) is 3.54. The Kier molecular flexibility index (Phi) is 3.52. The Hall–Kier alpha value is -0.330. The van der Waals surface area contributed by atoms with E-state index in [0.717, 1.165) is 0 Å². The summed E-state index contributed by atoms with van der Waals surface area (Å²) in [6, 6.07) is 4.30. The molecule has 0 aliphatic rings. The molecule has 1 aromatic carbocycles. The molecule has 0 saturated heterocycles. The number of hydrogen-bond acceptors (Lipinski definition) is 4. The molecule has 0 fully saturated rings. The summed E-state index contributed by atoms with van der Waals surface area (Å²) in [5.41, 5.74) is 0.414. The molecule has 1 rings (SSSR count). The van der Waals surface area contributed by atoms with Gasteiger partial charge in [0.15, 0.2) is 0 Å². The highest BCUT2D eigenvalue weighted by Crippen LogP contribution is 2.04. The van der Waals surface area contributed by atoms with E-state index in [0.29, 0.717) is 4.47 Å². The molecule has 0 spiro atoms. The number of hydrogen-bond donors (Lipinski definition) is 4. The lowest BCUT2D eigenvalue weighted by Gasteiger charge is -2.05. The van der Waals surface area contributed by atoms with Crippen LogP contribution in [-0.4, -0.2) is 34.3 Å². The average molecular weight is 245 g/mol. The molecule has 1 aromatic rings. The van der Waals surface area contributed by atoms with E-state index < -0.39 is 14.2 Å². The smallest absolute Gasteiger partial charge is 0.423 e. The van der Waals surface area contributed by atoms with Crippen LogP contribution < -0.4 is 10.9 Å². The summed E-state index contributed by atoms with van der Waals surface area (Å²) in [6.07, 6.45) is 0. The van der Waals surface area contributed by atoms with Crippen molar-refractivity contribution in [1.82, 2.24) is 0 Å². The zero-order valence-corrected chi connectivity index (χ0v) is 8.14. The molecule has 4 nitrogen and oxygen atoms in total. The van der Waals surface area contributed by atoms with Gasteiger partial charge in [-0.15, -0.1) is 0 Å². The van der Waals surface area contributed by atoms with Crippen LogP contribution in [-0.2, 0) is 0 Å². The van der Waals surface area contributed by atoms with Gasteiger partial charge in [-0.3, -0.25) is 0 Å². The van der Waals surface area contributed by atoms with Crippen molar-refractivity contribution in [2.24, 2.45) is 0 Å². The number of benzene rings is 1. The molecule has 0 atom stereocenters. The first-order valence-corrected chi connectivity index (χ1v) is 4.33. The van der Waals surface area contributed by atoms with Gasteiger partial charge in [0.2, 0.25) is 0 Å². The van der Waals surface area contributed by atoms with Gasteiger partial charge in [0, 0.05) is 4.47 Å². The minimum Gasteiger partial charge on any atom is -0.423 e. The summed E-state index contributed by atoms with van der Waals surface area (Å²) >= 11 is 3.10. The SMILES string of the molecule is OB(O)c1ccc(Br)c(B(O)O)c1. The van der Waals surface area contributed by atoms with Gasteiger partial charge in [-0.1, -0.05) is 28.1 Å². The summed E-state index contributed by atoms with van der Waals surface area (Å²) in [4.78, 5) is 0. The van der Waals surface area contributed by atoms with Crippen LogP contribution in [0.15, 0.2) is 22.7 Å². The van der Waals surface area contributed by atoms with Crippen molar-refractivity contribution in [2.75, 3.05) is 0 Å². The van der Waals surface area contributed by atoms with Crippen molar-refractivity contribution in [3.63, 3.8) is 0 Å². The normalized spacial score (nSPS) is 9.92. The third-order valence-electron chi connectivity index (χ3n) is 1.60. The van der Waals surface area contributed by atoms with Crippen molar-refractivity contribution in [3.8, 4) is 0 Å². The van der Waals surface area contributed by atoms with E-state index in [9.17, 15) is 0 Å². The zero-order chi connectivity index (χ0) is 10.0. The lowest BCUT2D eigenvalue weighted by atomic mass is 9.73. The Morgan fingerprint density at radius 2 is 1.62 bits per heavy atom. The Morgan fingerprint density at radius 3 is 2.08 bits per heavy atom. The van der Waals surface area contributed by atoms with Crippen LogP contribution in [0.4, 0.5) is 0 Å². The fourth-order valence-corrected chi connectivity index (χ4v) is 1.37. The molecular weight excluding hydrogens is 238 g/mol. The predicted octanol–water partition coefficient (Wildman–Crippen LogP) is -2.19. The molecule has 0 saturated carbocycles. The van der Waals surface area contributed by atoms with Crippen LogP contribution in [0.5, 0.6) is 0 Å². The lowest BCUT2D eigenvalue weighted by Crippen LogP contribution is -2.38. The summed E-state index contributed by atoms with van der Waals surface area (Å²) in [5.74, 6) is 0. The quantitative estimate of drug-likeness (QED) is 0.446. The molecule has 0 amide bonds. The van der Waals surface area contributed by atoms with Crippen LogP contribution in [0.2, 0.25) is 0 Å². The van der Waals surface area contributed by atoms with Gasteiger partial charge < -0.3 is 20.1 Å². The molecule has 0 aromatic heterocycles.